The monoisotopic (exact) mass is 331 g/mol. The average Bonchev–Trinajstić information content (AvgIpc) is 3.25. The maximum Gasteiger partial charge on any atom is 0.328 e. The van der Waals surface area contributed by atoms with Gasteiger partial charge in [-0.05, 0) is 12.5 Å². The summed E-state index contributed by atoms with van der Waals surface area (Å²) in [6.07, 6.45) is 0. The zero-order valence-corrected chi connectivity index (χ0v) is 13.8. The number of carbonyl (C=O) groups excluding carboxylic acids is 3. The van der Waals surface area contributed by atoms with Crippen LogP contribution in [0, 0.1) is 29.1 Å². The maximum absolute atomic E-state index is 12.5. The summed E-state index contributed by atoms with van der Waals surface area (Å²) in [5.74, 6) is -4.05. The van der Waals surface area contributed by atoms with Crippen LogP contribution in [0.3, 0.4) is 0 Å². The molecule has 1 aliphatic carbocycles. The van der Waals surface area contributed by atoms with Crippen LogP contribution in [0.25, 0.3) is 0 Å². The lowest BCUT2D eigenvalue weighted by molar-refractivity contribution is -0.167. The quantitative estimate of drug-likeness (QED) is 0.462. The van der Waals surface area contributed by atoms with Gasteiger partial charge in [0.2, 0.25) is 5.41 Å². The van der Waals surface area contributed by atoms with Gasteiger partial charge in [0.15, 0.2) is 5.41 Å². The molecule has 1 saturated carbocycles. The van der Waals surface area contributed by atoms with Crippen molar-refractivity contribution < 1.29 is 28.6 Å². The molecule has 24 heavy (non-hydrogen) atoms. The smallest absolute Gasteiger partial charge is 0.328 e. The Morgan fingerprint density at radius 2 is 1.42 bits per heavy atom. The van der Waals surface area contributed by atoms with E-state index in [-0.39, 0.29) is 0 Å². The second-order valence-corrected chi connectivity index (χ2v) is 5.55. The minimum atomic E-state index is -2.09. The predicted octanol–water partition coefficient (Wildman–Crippen LogP) is 1.11. The molecule has 1 fully saturated rings. The summed E-state index contributed by atoms with van der Waals surface area (Å²) in [5, 5.41) is 9.70. The van der Waals surface area contributed by atoms with E-state index in [2.05, 4.69) is 0 Å². The van der Waals surface area contributed by atoms with E-state index in [0.29, 0.717) is 5.56 Å². The first-order valence-corrected chi connectivity index (χ1v) is 7.11. The van der Waals surface area contributed by atoms with Gasteiger partial charge in [-0.25, -0.2) is 0 Å². The molecule has 0 radical (unpaired) electrons. The molecule has 126 valence electrons. The topological polar surface area (TPSA) is 103 Å². The van der Waals surface area contributed by atoms with Crippen molar-refractivity contribution in [1.29, 1.82) is 5.26 Å². The SMILES string of the molecule is COC(=O)C1(C(=O)OC)[C@@H](c2ccc(C)cc2)[C@]1(C#N)C(=O)OC. The summed E-state index contributed by atoms with van der Waals surface area (Å²) in [7, 11) is 3.25. The highest BCUT2D eigenvalue weighted by atomic mass is 16.6. The minimum absolute atomic E-state index is 0.475. The second-order valence-electron chi connectivity index (χ2n) is 5.55. The van der Waals surface area contributed by atoms with E-state index in [0.717, 1.165) is 26.9 Å². The summed E-state index contributed by atoms with van der Waals surface area (Å²) in [4.78, 5) is 37.3. The molecule has 0 saturated heterocycles. The molecule has 7 nitrogen and oxygen atoms in total. The van der Waals surface area contributed by atoms with E-state index in [9.17, 15) is 19.6 Å². The number of methoxy groups -OCH3 is 3. The molecule has 0 unspecified atom stereocenters. The third kappa shape index (κ3) is 1.92. The third-order valence-electron chi connectivity index (χ3n) is 4.51. The molecule has 0 aliphatic heterocycles. The van der Waals surface area contributed by atoms with Gasteiger partial charge >= 0.3 is 17.9 Å². The largest absolute Gasteiger partial charge is 0.468 e. The lowest BCUT2D eigenvalue weighted by atomic mass is 9.93. The number of hydrogen-bond donors (Lipinski definition) is 0. The van der Waals surface area contributed by atoms with Crippen LogP contribution in [0.2, 0.25) is 0 Å². The Kier molecular flexibility index (Phi) is 4.34. The molecule has 1 aromatic rings. The van der Waals surface area contributed by atoms with E-state index in [4.69, 9.17) is 14.2 Å². The van der Waals surface area contributed by atoms with Crippen LogP contribution in [-0.2, 0) is 28.6 Å². The first-order valence-electron chi connectivity index (χ1n) is 7.11. The number of carbonyl (C=O) groups is 3. The molecule has 7 heteroatoms. The fraction of sp³-hybridized carbons (Fsp3) is 0.412. The number of hydrogen-bond acceptors (Lipinski definition) is 7. The molecule has 0 spiro atoms. The first-order chi connectivity index (χ1) is 11.4. The van der Waals surface area contributed by atoms with E-state index >= 15 is 0 Å². The summed E-state index contributed by atoms with van der Waals surface area (Å²) in [5.41, 5.74) is -2.70. The van der Waals surface area contributed by atoms with Gasteiger partial charge in [-0.15, -0.1) is 0 Å². The van der Waals surface area contributed by atoms with Crippen LogP contribution < -0.4 is 0 Å². The molecule has 0 amide bonds. The molecular formula is C17H17NO6. The molecule has 0 bridgehead atoms. The van der Waals surface area contributed by atoms with Crippen LogP contribution >= 0.6 is 0 Å². The van der Waals surface area contributed by atoms with Crippen LogP contribution in [0.1, 0.15) is 17.0 Å². The molecular weight excluding hydrogens is 314 g/mol. The molecule has 1 aromatic carbocycles. The van der Waals surface area contributed by atoms with Gasteiger partial charge < -0.3 is 14.2 Å². The van der Waals surface area contributed by atoms with Gasteiger partial charge in [-0.2, -0.15) is 5.26 Å². The van der Waals surface area contributed by atoms with Crippen LogP contribution in [0.4, 0.5) is 0 Å². The predicted molar refractivity (Wildman–Crippen MR) is 80.4 cm³/mol. The molecule has 0 N–H and O–H groups in total. The molecule has 2 rings (SSSR count). The van der Waals surface area contributed by atoms with Crippen molar-refractivity contribution in [1.82, 2.24) is 0 Å². The summed E-state index contributed by atoms with van der Waals surface area (Å²) in [6, 6.07) is 8.63. The van der Waals surface area contributed by atoms with Gasteiger partial charge in [0.25, 0.3) is 0 Å². The van der Waals surface area contributed by atoms with Gasteiger partial charge in [0.05, 0.1) is 27.4 Å². The van der Waals surface area contributed by atoms with Crippen molar-refractivity contribution in [3.8, 4) is 6.07 Å². The lowest BCUT2D eigenvalue weighted by Gasteiger charge is -2.14. The number of nitrogens with zero attached hydrogens (tertiary/aromatic N) is 1. The van der Waals surface area contributed by atoms with E-state index in [1.54, 1.807) is 24.3 Å². The molecule has 1 aliphatic rings. The Labute approximate surface area is 139 Å². The molecule has 0 aromatic heterocycles. The zero-order valence-electron chi connectivity index (χ0n) is 13.8. The van der Waals surface area contributed by atoms with E-state index in [1.807, 2.05) is 13.0 Å². The minimum Gasteiger partial charge on any atom is -0.468 e. The summed E-state index contributed by atoms with van der Waals surface area (Å²) < 4.78 is 14.2. The Morgan fingerprint density at radius 1 is 0.958 bits per heavy atom. The van der Waals surface area contributed by atoms with Crippen LogP contribution in [0.15, 0.2) is 24.3 Å². The number of nitriles is 1. The summed E-state index contributed by atoms with van der Waals surface area (Å²) >= 11 is 0. The second kappa shape index (κ2) is 5.96. The van der Waals surface area contributed by atoms with E-state index in [1.165, 1.54) is 0 Å². The number of aryl methyl sites for hydroxylation is 1. The highest BCUT2D eigenvalue weighted by Gasteiger charge is 2.92. The van der Waals surface area contributed by atoms with Crippen molar-refractivity contribution >= 4 is 17.9 Å². The Hall–Kier alpha value is -2.88. The highest BCUT2D eigenvalue weighted by Crippen LogP contribution is 2.75. The lowest BCUT2D eigenvalue weighted by Crippen LogP contribution is -2.37. The molecule has 2 atom stereocenters. The molecule has 0 heterocycles. The Balaban J connectivity index is 2.75. The van der Waals surface area contributed by atoms with Gasteiger partial charge in [-0.3, -0.25) is 14.4 Å². The van der Waals surface area contributed by atoms with Crippen molar-refractivity contribution in [3.63, 3.8) is 0 Å². The number of benzene rings is 1. The van der Waals surface area contributed by atoms with Crippen molar-refractivity contribution in [2.45, 2.75) is 12.8 Å². The van der Waals surface area contributed by atoms with Crippen LogP contribution in [0.5, 0.6) is 0 Å². The fourth-order valence-electron chi connectivity index (χ4n) is 3.33. The van der Waals surface area contributed by atoms with E-state index < -0.39 is 34.7 Å². The average molecular weight is 331 g/mol. The zero-order chi connectivity index (χ0) is 18.1. The number of esters is 3. The van der Waals surface area contributed by atoms with Gasteiger partial charge in [-0.1, -0.05) is 29.8 Å². The normalized spacial score (nSPS) is 23.5. The maximum atomic E-state index is 12.5. The number of rotatable bonds is 4. The Bertz CT molecular complexity index is 716. The standard InChI is InChI=1S/C17H17NO6/c1-10-5-7-11(8-6-10)12-16(9-18,13(19)22-2)17(12,14(20)23-3)15(21)24-4/h5-8,12H,1-4H3/t12-,16+/m0/s1. The van der Waals surface area contributed by atoms with Gasteiger partial charge in [0, 0.05) is 5.92 Å². The Morgan fingerprint density at radius 3 is 1.79 bits per heavy atom. The van der Waals surface area contributed by atoms with Gasteiger partial charge in [0.1, 0.15) is 0 Å². The van der Waals surface area contributed by atoms with Crippen molar-refractivity contribution in [3.05, 3.63) is 35.4 Å². The first kappa shape index (κ1) is 17.5. The van der Waals surface area contributed by atoms with Crippen molar-refractivity contribution in [2.24, 2.45) is 10.8 Å². The highest BCUT2D eigenvalue weighted by molar-refractivity contribution is 6.15. The third-order valence-corrected chi connectivity index (χ3v) is 4.51. The summed E-state index contributed by atoms with van der Waals surface area (Å²) in [6.45, 7) is 1.86. The van der Waals surface area contributed by atoms with Crippen molar-refractivity contribution in [2.75, 3.05) is 21.3 Å². The fourth-order valence-corrected chi connectivity index (χ4v) is 3.33. The van der Waals surface area contributed by atoms with Crippen LogP contribution in [-0.4, -0.2) is 39.2 Å². The number of ether oxygens (including phenoxy) is 3.